The first-order chi connectivity index (χ1) is 9.63. The van der Waals surface area contributed by atoms with Crippen LogP contribution in [0.3, 0.4) is 0 Å². The van der Waals surface area contributed by atoms with E-state index in [0.29, 0.717) is 13.0 Å². The second kappa shape index (κ2) is 11.9. The highest BCUT2D eigenvalue weighted by Gasteiger charge is 2.02. The molecule has 0 aliphatic rings. The summed E-state index contributed by atoms with van der Waals surface area (Å²) in [7, 11) is 0. The highest BCUT2D eigenvalue weighted by molar-refractivity contribution is 7.99. The van der Waals surface area contributed by atoms with Crippen LogP contribution in [0.15, 0.2) is 23.1 Å². The van der Waals surface area contributed by atoms with Gasteiger partial charge >= 0.3 is 0 Å². The molecule has 2 N–H and O–H groups in total. The van der Waals surface area contributed by atoms with E-state index < -0.39 is 0 Å². The lowest BCUT2D eigenvalue weighted by molar-refractivity contribution is -0.120. The van der Waals surface area contributed by atoms with Crippen LogP contribution < -0.4 is 10.6 Å². The summed E-state index contributed by atoms with van der Waals surface area (Å²) in [5, 5.41) is 6.20. The number of amides is 1. The Hall–Kier alpha value is -0.710. The van der Waals surface area contributed by atoms with Crippen molar-refractivity contribution in [3.63, 3.8) is 0 Å². The van der Waals surface area contributed by atoms with Crippen LogP contribution >= 0.6 is 24.2 Å². The third-order valence-electron chi connectivity index (χ3n) is 3.13. The van der Waals surface area contributed by atoms with Crippen LogP contribution in [0.5, 0.6) is 0 Å². The molecule has 0 atom stereocenters. The van der Waals surface area contributed by atoms with Crippen molar-refractivity contribution in [1.82, 2.24) is 10.6 Å². The summed E-state index contributed by atoms with van der Waals surface area (Å²) < 4.78 is 0. The molecule has 5 heteroatoms. The summed E-state index contributed by atoms with van der Waals surface area (Å²) in [4.78, 5) is 12.9. The van der Waals surface area contributed by atoms with Gasteiger partial charge in [0, 0.05) is 30.2 Å². The number of carbonyl (C=O) groups is 1. The minimum absolute atomic E-state index is 0. The molecular formula is C16H27ClN2OS. The van der Waals surface area contributed by atoms with Gasteiger partial charge in [0.2, 0.25) is 5.91 Å². The van der Waals surface area contributed by atoms with Crippen molar-refractivity contribution in [3.8, 4) is 0 Å². The second-order valence-electron chi connectivity index (χ2n) is 4.94. The first kappa shape index (κ1) is 20.3. The molecule has 1 aromatic rings. The first-order valence-corrected chi connectivity index (χ1v) is 8.29. The zero-order chi connectivity index (χ0) is 14.8. The molecule has 1 aromatic carbocycles. The molecule has 1 rings (SSSR count). The molecule has 0 saturated heterocycles. The zero-order valence-electron chi connectivity index (χ0n) is 13.2. The number of hydrogen-bond donors (Lipinski definition) is 2. The van der Waals surface area contributed by atoms with E-state index in [-0.39, 0.29) is 18.3 Å². The molecule has 0 bridgehead atoms. The Morgan fingerprint density at radius 3 is 2.57 bits per heavy atom. The average molecular weight is 331 g/mol. The highest BCUT2D eigenvalue weighted by atomic mass is 35.5. The minimum Gasteiger partial charge on any atom is -0.355 e. The van der Waals surface area contributed by atoms with E-state index in [9.17, 15) is 4.79 Å². The lowest BCUT2D eigenvalue weighted by Crippen LogP contribution is -2.32. The van der Waals surface area contributed by atoms with Crippen molar-refractivity contribution in [2.75, 3.05) is 25.4 Å². The van der Waals surface area contributed by atoms with E-state index >= 15 is 0 Å². The maximum Gasteiger partial charge on any atom is 0.220 e. The molecule has 0 aliphatic heterocycles. The Balaban J connectivity index is 0.00000400. The van der Waals surface area contributed by atoms with Gasteiger partial charge in [0.1, 0.15) is 0 Å². The van der Waals surface area contributed by atoms with Crippen LogP contribution in [0.1, 0.15) is 30.9 Å². The van der Waals surface area contributed by atoms with Gasteiger partial charge in [0.25, 0.3) is 0 Å². The smallest absolute Gasteiger partial charge is 0.220 e. The van der Waals surface area contributed by atoms with E-state index in [2.05, 4.69) is 49.6 Å². The van der Waals surface area contributed by atoms with Gasteiger partial charge in [0.15, 0.2) is 0 Å². The first-order valence-electron chi connectivity index (χ1n) is 7.31. The van der Waals surface area contributed by atoms with Crippen LogP contribution in [0, 0.1) is 13.8 Å². The van der Waals surface area contributed by atoms with E-state index in [1.54, 1.807) is 11.8 Å². The highest BCUT2D eigenvalue weighted by Crippen LogP contribution is 2.21. The summed E-state index contributed by atoms with van der Waals surface area (Å²) >= 11 is 1.74. The van der Waals surface area contributed by atoms with Gasteiger partial charge in [-0.3, -0.25) is 4.79 Å². The fourth-order valence-corrected chi connectivity index (χ4v) is 2.69. The molecule has 3 nitrogen and oxygen atoms in total. The fraction of sp³-hybridized carbons (Fsp3) is 0.562. The molecule has 0 saturated carbocycles. The van der Waals surface area contributed by atoms with Crippen LogP contribution in [0.2, 0.25) is 0 Å². The molecule has 21 heavy (non-hydrogen) atoms. The molecule has 0 spiro atoms. The number of carbonyl (C=O) groups excluding carboxylic acids is 1. The second-order valence-corrected chi connectivity index (χ2v) is 6.11. The minimum atomic E-state index is 0. The van der Waals surface area contributed by atoms with Crippen LogP contribution in [-0.4, -0.2) is 31.3 Å². The van der Waals surface area contributed by atoms with E-state index in [0.717, 1.165) is 25.3 Å². The maximum atomic E-state index is 11.6. The Morgan fingerprint density at radius 2 is 1.90 bits per heavy atom. The van der Waals surface area contributed by atoms with Gasteiger partial charge < -0.3 is 10.6 Å². The standard InChI is InChI=1S/C16H26N2OS.ClH/c1-4-8-17-9-10-18-16(19)7-11-20-15-6-5-13(2)14(3)12-15;/h5-6,12,17H,4,7-11H2,1-3H3,(H,18,19);1H. The largest absolute Gasteiger partial charge is 0.355 e. The molecule has 0 heterocycles. The average Bonchev–Trinajstić information content (AvgIpc) is 2.42. The van der Waals surface area contributed by atoms with E-state index in [4.69, 9.17) is 0 Å². The van der Waals surface area contributed by atoms with Crippen LogP contribution in [0.4, 0.5) is 0 Å². The summed E-state index contributed by atoms with van der Waals surface area (Å²) in [5.74, 6) is 0.969. The normalized spacial score (nSPS) is 10.0. The molecule has 0 unspecified atom stereocenters. The molecule has 0 fully saturated rings. The van der Waals surface area contributed by atoms with Crippen molar-refractivity contribution in [2.24, 2.45) is 0 Å². The van der Waals surface area contributed by atoms with Crippen molar-refractivity contribution < 1.29 is 4.79 Å². The van der Waals surface area contributed by atoms with Crippen molar-refractivity contribution in [2.45, 2.75) is 38.5 Å². The Labute approximate surface area is 139 Å². The topological polar surface area (TPSA) is 41.1 Å². The number of nitrogens with one attached hydrogen (secondary N) is 2. The number of halogens is 1. The van der Waals surface area contributed by atoms with E-state index in [1.165, 1.54) is 16.0 Å². The van der Waals surface area contributed by atoms with Crippen LogP contribution in [-0.2, 0) is 4.79 Å². The number of aryl methyl sites for hydroxylation is 2. The number of thioether (sulfide) groups is 1. The summed E-state index contributed by atoms with van der Waals surface area (Å²) in [6.07, 6.45) is 1.70. The third kappa shape index (κ3) is 9.02. The van der Waals surface area contributed by atoms with Gasteiger partial charge in [-0.15, -0.1) is 24.2 Å². The summed E-state index contributed by atoms with van der Waals surface area (Å²) in [5.41, 5.74) is 2.62. The molecule has 0 aromatic heterocycles. The number of benzene rings is 1. The predicted molar refractivity (Wildman–Crippen MR) is 94.7 cm³/mol. The predicted octanol–water partition coefficient (Wildman–Crippen LogP) is 3.32. The Bertz CT molecular complexity index is 427. The zero-order valence-corrected chi connectivity index (χ0v) is 14.8. The van der Waals surface area contributed by atoms with Gasteiger partial charge in [0.05, 0.1) is 0 Å². The summed E-state index contributed by atoms with van der Waals surface area (Å²) in [6, 6.07) is 6.45. The Morgan fingerprint density at radius 1 is 1.14 bits per heavy atom. The molecule has 1 amide bonds. The fourth-order valence-electron chi connectivity index (χ4n) is 1.75. The lowest BCUT2D eigenvalue weighted by Gasteiger charge is -2.07. The van der Waals surface area contributed by atoms with Gasteiger partial charge in [-0.05, 0) is 50.1 Å². The molecule has 0 radical (unpaired) electrons. The van der Waals surface area contributed by atoms with Gasteiger partial charge in [-0.2, -0.15) is 0 Å². The van der Waals surface area contributed by atoms with Crippen LogP contribution in [0.25, 0.3) is 0 Å². The van der Waals surface area contributed by atoms with Gasteiger partial charge in [-0.25, -0.2) is 0 Å². The third-order valence-corrected chi connectivity index (χ3v) is 4.12. The van der Waals surface area contributed by atoms with Gasteiger partial charge in [-0.1, -0.05) is 13.0 Å². The SMILES string of the molecule is CCCNCCNC(=O)CCSc1ccc(C)c(C)c1.Cl. The van der Waals surface area contributed by atoms with Crippen molar-refractivity contribution in [1.29, 1.82) is 0 Å². The van der Waals surface area contributed by atoms with E-state index in [1.807, 2.05) is 0 Å². The van der Waals surface area contributed by atoms with Crippen molar-refractivity contribution in [3.05, 3.63) is 29.3 Å². The quantitative estimate of drug-likeness (QED) is 0.539. The number of rotatable bonds is 9. The number of hydrogen-bond acceptors (Lipinski definition) is 3. The monoisotopic (exact) mass is 330 g/mol. The molecular weight excluding hydrogens is 304 g/mol. The maximum absolute atomic E-state index is 11.6. The lowest BCUT2D eigenvalue weighted by atomic mass is 10.1. The molecule has 120 valence electrons. The summed E-state index contributed by atoms with van der Waals surface area (Å²) in [6.45, 7) is 8.95. The molecule has 0 aliphatic carbocycles. The Kier molecular flexibility index (Phi) is 11.5. The van der Waals surface area contributed by atoms with Crippen molar-refractivity contribution >= 4 is 30.1 Å².